The molecule has 6 nitrogen and oxygen atoms in total. The van der Waals surface area contributed by atoms with Gasteiger partial charge in [-0.3, -0.25) is 0 Å². The molecular formula is C17H14N2O4S2. The number of sulfonamides is 1. The molecule has 2 heterocycles. The van der Waals surface area contributed by atoms with E-state index in [1.165, 1.54) is 6.07 Å². The van der Waals surface area contributed by atoms with E-state index in [1.54, 1.807) is 17.6 Å². The van der Waals surface area contributed by atoms with Crippen LogP contribution in [0.3, 0.4) is 0 Å². The predicted octanol–water partition coefficient (Wildman–Crippen LogP) is 2.51. The smallest absolute Gasteiger partial charge is 0.328 e. The number of H-pyrrole nitrogens is 1. The van der Waals surface area contributed by atoms with Crippen LogP contribution in [0.2, 0.25) is 0 Å². The van der Waals surface area contributed by atoms with Crippen molar-refractivity contribution < 1.29 is 18.3 Å². The fraction of sp³-hybridized carbons (Fsp3) is 0.118. The van der Waals surface area contributed by atoms with E-state index in [0.29, 0.717) is 9.87 Å². The molecule has 1 aromatic carbocycles. The first kappa shape index (κ1) is 17.1. The highest BCUT2D eigenvalue weighted by atomic mass is 32.2. The molecule has 1 atom stereocenters. The van der Waals surface area contributed by atoms with Crippen LogP contribution in [0.4, 0.5) is 0 Å². The van der Waals surface area contributed by atoms with E-state index in [9.17, 15) is 18.3 Å². The number of thiophene rings is 1. The number of carbonyl (C=O) groups is 1. The van der Waals surface area contributed by atoms with Crippen molar-refractivity contribution in [3.63, 3.8) is 0 Å². The lowest BCUT2D eigenvalue weighted by atomic mass is 10.1. The van der Waals surface area contributed by atoms with Gasteiger partial charge in [-0.2, -0.15) is 8.42 Å². The number of terminal acetylenes is 1. The molecule has 0 spiro atoms. The molecule has 2 aromatic heterocycles. The van der Waals surface area contributed by atoms with Gasteiger partial charge < -0.3 is 10.1 Å². The van der Waals surface area contributed by atoms with Crippen LogP contribution in [0.1, 0.15) is 5.56 Å². The normalized spacial score (nSPS) is 12.6. The van der Waals surface area contributed by atoms with E-state index in [0.717, 1.165) is 22.2 Å². The first-order valence-corrected chi connectivity index (χ1v) is 9.59. The largest absolute Gasteiger partial charge is 0.480 e. The Balaban J connectivity index is 2.00. The molecule has 128 valence electrons. The van der Waals surface area contributed by atoms with Crippen LogP contribution in [-0.2, 0) is 21.2 Å². The number of aromatic amines is 1. The molecule has 0 aliphatic carbocycles. The third-order valence-corrected chi connectivity index (χ3v) is 6.90. The summed E-state index contributed by atoms with van der Waals surface area (Å²) in [5.74, 6) is -1.30. The minimum absolute atomic E-state index is 0.00984. The number of carboxylic acids is 1. The fourth-order valence-corrected chi connectivity index (χ4v) is 5.04. The molecule has 0 saturated heterocycles. The fourth-order valence-electron chi connectivity index (χ4n) is 2.61. The second-order valence-electron chi connectivity index (χ2n) is 5.28. The number of carboxylic acid groups (broad SMARTS) is 1. The lowest BCUT2D eigenvalue weighted by Crippen LogP contribution is -2.43. The zero-order valence-corrected chi connectivity index (χ0v) is 14.5. The number of fused-ring (bicyclic) bond motifs is 1. The van der Waals surface area contributed by atoms with E-state index in [2.05, 4.69) is 4.98 Å². The third kappa shape index (κ3) is 3.12. The average Bonchev–Trinajstić information content (AvgIpc) is 3.25. The van der Waals surface area contributed by atoms with Gasteiger partial charge in [0.05, 0.1) is 0 Å². The Hall–Kier alpha value is -2.76. The Bertz CT molecular complexity index is 1050. The lowest BCUT2D eigenvalue weighted by molar-refractivity contribution is -0.140. The van der Waals surface area contributed by atoms with Crippen LogP contribution >= 0.6 is 11.3 Å². The summed E-state index contributed by atoms with van der Waals surface area (Å²) < 4.78 is 26.0. The van der Waals surface area contributed by atoms with Crippen molar-refractivity contribution in [2.24, 2.45) is 0 Å². The number of nitrogens with zero attached hydrogens (tertiary/aromatic N) is 1. The molecule has 0 fully saturated rings. The van der Waals surface area contributed by atoms with Crippen LogP contribution in [0.25, 0.3) is 10.9 Å². The van der Waals surface area contributed by atoms with Crippen LogP contribution in [-0.4, -0.2) is 34.8 Å². The summed E-state index contributed by atoms with van der Waals surface area (Å²) in [7, 11) is -4.08. The van der Waals surface area contributed by atoms with Gasteiger partial charge in [0.1, 0.15) is 4.21 Å². The van der Waals surface area contributed by atoms with E-state index in [4.69, 9.17) is 6.42 Å². The number of benzene rings is 1. The predicted molar refractivity (Wildman–Crippen MR) is 95.6 cm³/mol. The van der Waals surface area contributed by atoms with Crippen molar-refractivity contribution in [2.75, 3.05) is 0 Å². The molecule has 25 heavy (non-hydrogen) atoms. The first-order valence-electron chi connectivity index (χ1n) is 7.27. The van der Waals surface area contributed by atoms with Gasteiger partial charge in [0.25, 0.3) is 10.0 Å². The number of nitrogens with one attached hydrogen (secondary N) is 1. The molecule has 1 unspecified atom stereocenters. The van der Waals surface area contributed by atoms with Crippen molar-refractivity contribution in [3.8, 4) is 12.5 Å². The minimum atomic E-state index is -4.08. The molecule has 0 aliphatic heterocycles. The third-order valence-electron chi connectivity index (χ3n) is 3.79. The van der Waals surface area contributed by atoms with Gasteiger partial charge in [-0.25, -0.2) is 9.10 Å². The summed E-state index contributed by atoms with van der Waals surface area (Å²) in [6, 6.07) is 11.0. The Morgan fingerprint density at radius 1 is 1.32 bits per heavy atom. The van der Waals surface area contributed by atoms with Crippen LogP contribution in [0.5, 0.6) is 0 Å². The zero-order chi connectivity index (χ0) is 18.0. The van der Waals surface area contributed by atoms with Gasteiger partial charge in [0.2, 0.25) is 0 Å². The SMILES string of the molecule is C#CN(C(Cc1c[nH]c2ccccc12)C(=O)O)S(=O)(=O)c1cccs1. The Labute approximate surface area is 148 Å². The summed E-state index contributed by atoms with van der Waals surface area (Å²) in [6.45, 7) is 0. The Morgan fingerprint density at radius 3 is 2.72 bits per heavy atom. The molecule has 0 radical (unpaired) electrons. The number of rotatable bonds is 6. The number of hydrogen-bond acceptors (Lipinski definition) is 4. The van der Waals surface area contributed by atoms with Gasteiger partial charge in [0, 0.05) is 29.6 Å². The summed E-state index contributed by atoms with van der Waals surface area (Å²) in [5.41, 5.74) is 1.53. The van der Waals surface area contributed by atoms with Crippen LogP contribution in [0.15, 0.2) is 52.2 Å². The topological polar surface area (TPSA) is 90.5 Å². The monoisotopic (exact) mass is 374 g/mol. The second kappa shape index (κ2) is 6.63. The highest BCUT2D eigenvalue weighted by molar-refractivity contribution is 7.91. The molecule has 0 aliphatic rings. The first-order chi connectivity index (χ1) is 11.9. The van der Waals surface area contributed by atoms with E-state index >= 15 is 0 Å². The molecule has 2 N–H and O–H groups in total. The summed E-state index contributed by atoms with van der Waals surface area (Å²) >= 11 is 0.989. The van der Waals surface area contributed by atoms with Gasteiger partial charge >= 0.3 is 5.97 Å². The molecule has 0 bridgehead atoms. The molecule has 3 aromatic rings. The van der Waals surface area contributed by atoms with Crippen molar-refractivity contribution in [1.29, 1.82) is 0 Å². The minimum Gasteiger partial charge on any atom is -0.480 e. The molecule has 3 rings (SSSR count). The summed E-state index contributed by atoms with van der Waals surface area (Å²) in [4.78, 5) is 14.8. The van der Waals surface area contributed by atoms with Crippen LogP contribution in [0, 0.1) is 12.5 Å². The van der Waals surface area contributed by atoms with Gasteiger partial charge in [0.15, 0.2) is 6.04 Å². The maximum Gasteiger partial charge on any atom is 0.328 e. The van der Waals surface area contributed by atoms with Crippen molar-refractivity contribution >= 4 is 38.2 Å². The second-order valence-corrected chi connectivity index (χ2v) is 8.27. The average molecular weight is 374 g/mol. The number of hydrogen-bond donors (Lipinski definition) is 2. The Kier molecular flexibility index (Phi) is 4.53. The maximum absolute atomic E-state index is 12.7. The molecular weight excluding hydrogens is 360 g/mol. The van der Waals surface area contributed by atoms with E-state index < -0.39 is 22.0 Å². The van der Waals surface area contributed by atoms with Gasteiger partial charge in [-0.15, -0.1) is 11.3 Å². The highest BCUT2D eigenvalue weighted by Gasteiger charge is 2.35. The zero-order valence-electron chi connectivity index (χ0n) is 12.9. The number of aliphatic carboxylic acids is 1. The van der Waals surface area contributed by atoms with Gasteiger partial charge in [-0.05, 0) is 23.1 Å². The lowest BCUT2D eigenvalue weighted by Gasteiger charge is -2.23. The van der Waals surface area contributed by atoms with Gasteiger partial charge in [-0.1, -0.05) is 30.7 Å². The van der Waals surface area contributed by atoms with Crippen molar-refractivity contribution in [2.45, 2.75) is 16.7 Å². The summed E-state index contributed by atoms with van der Waals surface area (Å²) in [6.07, 6.45) is 7.00. The van der Waals surface area contributed by atoms with E-state index in [1.807, 2.05) is 30.3 Å². The maximum atomic E-state index is 12.7. The van der Waals surface area contributed by atoms with Crippen molar-refractivity contribution in [1.82, 2.24) is 9.29 Å². The number of para-hydroxylation sites is 1. The standard InChI is InChI=1S/C17H14N2O4S2/c1-2-19(25(22,23)16-8-5-9-24-16)15(17(20)21)10-12-11-18-14-7-4-3-6-13(12)14/h1,3-9,11,15,18H,10H2,(H,20,21). The van der Waals surface area contributed by atoms with Crippen molar-refractivity contribution in [3.05, 3.63) is 53.5 Å². The molecule has 8 heteroatoms. The Morgan fingerprint density at radius 2 is 2.08 bits per heavy atom. The number of aromatic nitrogens is 1. The quantitative estimate of drug-likeness (QED) is 0.512. The molecule has 0 amide bonds. The summed E-state index contributed by atoms with van der Waals surface area (Å²) in [5, 5.41) is 12.0. The van der Waals surface area contributed by atoms with E-state index in [-0.39, 0.29) is 10.6 Å². The molecule has 0 saturated carbocycles. The van der Waals surface area contributed by atoms with Crippen LogP contribution < -0.4 is 0 Å². The highest BCUT2D eigenvalue weighted by Crippen LogP contribution is 2.26.